The van der Waals surface area contributed by atoms with E-state index in [2.05, 4.69) is 9.88 Å². The molecule has 1 aliphatic rings. The van der Waals surface area contributed by atoms with Gasteiger partial charge >= 0.3 is 11.7 Å². The molecule has 1 fully saturated rings. The van der Waals surface area contributed by atoms with Gasteiger partial charge in [-0.3, -0.25) is 14.2 Å². The van der Waals surface area contributed by atoms with Crippen LogP contribution in [0.15, 0.2) is 51.8 Å². The van der Waals surface area contributed by atoms with Gasteiger partial charge in [-0.2, -0.15) is 0 Å². The van der Waals surface area contributed by atoms with Crippen LogP contribution in [0.1, 0.15) is 40.3 Å². The van der Waals surface area contributed by atoms with Crippen molar-refractivity contribution in [3.8, 4) is 11.1 Å². The normalized spacial score (nSPS) is 16.8. The van der Waals surface area contributed by atoms with Crippen molar-refractivity contribution < 1.29 is 22.9 Å². The molecule has 0 bridgehead atoms. The Bertz CT molecular complexity index is 1720. The van der Waals surface area contributed by atoms with Gasteiger partial charge in [0.1, 0.15) is 17.3 Å². The van der Waals surface area contributed by atoms with E-state index in [1.807, 2.05) is 6.92 Å². The van der Waals surface area contributed by atoms with Crippen LogP contribution in [-0.4, -0.2) is 55.1 Å². The molecule has 4 aromatic rings. The van der Waals surface area contributed by atoms with Gasteiger partial charge in [0.15, 0.2) is 0 Å². The Morgan fingerprint density at radius 2 is 2.08 bits per heavy atom. The van der Waals surface area contributed by atoms with Gasteiger partial charge in [0.25, 0.3) is 0 Å². The molecule has 1 unspecified atom stereocenters. The summed E-state index contributed by atoms with van der Waals surface area (Å²) >= 11 is 0. The van der Waals surface area contributed by atoms with Crippen molar-refractivity contribution >= 4 is 26.6 Å². The maximum absolute atomic E-state index is 14.9. The number of carbonyl (C=O) groups is 1. The molecule has 200 valence electrons. The molecule has 2 aromatic carbocycles. The lowest BCUT2D eigenvalue weighted by Crippen LogP contribution is -2.54. The van der Waals surface area contributed by atoms with Crippen LogP contribution in [0.2, 0.25) is 0 Å². The van der Waals surface area contributed by atoms with Crippen molar-refractivity contribution in [1.82, 2.24) is 14.5 Å². The summed E-state index contributed by atoms with van der Waals surface area (Å²) in [6.45, 7) is 3.75. The third-order valence-corrected chi connectivity index (χ3v) is 7.66. The highest BCUT2D eigenvalue weighted by atomic mass is 32.2. The van der Waals surface area contributed by atoms with Gasteiger partial charge in [0.2, 0.25) is 0 Å². The SMILES string of the molecule is C[C@@H](c1cccc2c(-c3ccc(CS(C)(=N)=O)c(F)c3)c(C(=O)O)[nH]c12)n1cc(CN2CC(N)C2)oc1=O. The number of aromatic nitrogens is 2. The maximum Gasteiger partial charge on any atom is 0.419 e. The van der Waals surface area contributed by atoms with E-state index >= 15 is 0 Å². The number of rotatable bonds is 8. The molecular weight excluding hydrogens is 513 g/mol. The van der Waals surface area contributed by atoms with Gasteiger partial charge in [0, 0.05) is 51.6 Å². The van der Waals surface area contributed by atoms with Crippen LogP contribution in [-0.2, 0) is 22.0 Å². The van der Waals surface area contributed by atoms with E-state index in [-0.39, 0.29) is 23.1 Å². The summed E-state index contributed by atoms with van der Waals surface area (Å²) in [5, 5.41) is 10.5. The predicted molar refractivity (Wildman–Crippen MR) is 141 cm³/mol. The van der Waals surface area contributed by atoms with E-state index in [0.29, 0.717) is 39.9 Å². The highest BCUT2D eigenvalue weighted by Crippen LogP contribution is 2.37. The molecule has 1 saturated heterocycles. The molecule has 0 spiro atoms. The molecule has 2 atom stereocenters. The monoisotopic (exact) mass is 541 g/mol. The molecule has 2 aromatic heterocycles. The fraction of sp³-hybridized carbons (Fsp3) is 0.308. The molecule has 1 aliphatic heterocycles. The van der Waals surface area contributed by atoms with Crippen molar-refractivity contribution in [2.24, 2.45) is 5.73 Å². The van der Waals surface area contributed by atoms with Crippen LogP contribution in [0.3, 0.4) is 0 Å². The zero-order chi connectivity index (χ0) is 27.4. The molecular formula is C26H28FN5O5S. The third kappa shape index (κ3) is 4.89. The number of likely N-dealkylation sites (tertiary alicyclic amines) is 1. The fourth-order valence-corrected chi connectivity index (χ4v) is 5.84. The number of aromatic carboxylic acids is 1. The Balaban J connectivity index is 1.56. The van der Waals surface area contributed by atoms with E-state index in [1.54, 1.807) is 30.5 Å². The standard InChI is InChI=1S/C26H28FN5O5S/c1-14(32-12-18(37-26(32)35)11-31-9-17(28)10-31)19-4-3-5-20-22(24(25(33)34)30-23(19)20)15-6-7-16(21(27)8-15)13-38(2,29)36/h3-8,12,14,17,29-30H,9-11,13,28H2,1-2H3,(H,33,34)/t14-,38?/m0/s1. The zero-order valence-electron chi connectivity index (χ0n) is 20.9. The zero-order valence-corrected chi connectivity index (χ0v) is 21.7. The van der Waals surface area contributed by atoms with Crippen LogP contribution in [0.5, 0.6) is 0 Å². The Morgan fingerprint density at radius 3 is 2.71 bits per heavy atom. The molecule has 12 heteroatoms. The second-order valence-electron chi connectivity index (χ2n) is 9.91. The van der Waals surface area contributed by atoms with Gasteiger partial charge in [-0.1, -0.05) is 30.3 Å². The second kappa shape index (κ2) is 9.53. The number of fused-ring (bicyclic) bond motifs is 1. The number of nitrogens with one attached hydrogen (secondary N) is 2. The van der Waals surface area contributed by atoms with Crippen molar-refractivity contribution in [2.45, 2.75) is 31.3 Å². The second-order valence-corrected chi connectivity index (χ2v) is 12.2. The number of carboxylic acids is 1. The summed E-state index contributed by atoms with van der Waals surface area (Å²) in [6, 6.07) is 9.09. The highest BCUT2D eigenvalue weighted by molar-refractivity contribution is 7.90. The Kier molecular flexibility index (Phi) is 6.49. The van der Waals surface area contributed by atoms with Gasteiger partial charge in [-0.25, -0.2) is 18.2 Å². The summed E-state index contributed by atoms with van der Waals surface area (Å²) < 4.78 is 41.3. The number of halogens is 1. The first-order valence-corrected chi connectivity index (χ1v) is 14.1. The minimum absolute atomic E-state index is 0.123. The minimum atomic E-state index is -2.96. The average Bonchev–Trinajstić information content (AvgIpc) is 3.38. The molecule has 5 N–H and O–H groups in total. The van der Waals surface area contributed by atoms with Crippen molar-refractivity contribution in [3.63, 3.8) is 0 Å². The van der Waals surface area contributed by atoms with E-state index in [9.17, 15) is 23.3 Å². The van der Waals surface area contributed by atoms with Crippen molar-refractivity contribution in [1.29, 1.82) is 4.78 Å². The molecule has 5 rings (SSSR count). The first kappa shape index (κ1) is 25.9. The third-order valence-electron chi connectivity index (χ3n) is 6.80. The van der Waals surface area contributed by atoms with E-state index < -0.39 is 33.3 Å². The average molecular weight is 542 g/mol. The largest absolute Gasteiger partial charge is 0.477 e. The van der Waals surface area contributed by atoms with Crippen molar-refractivity contribution in [2.75, 3.05) is 19.3 Å². The van der Waals surface area contributed by atoms with E-state index in [0.717, 1.165) is 13.1 Å². The highest BCUT2D eigenvalue weighted by Gasteiger charge is 2.26. The van der Waals surface area contributed by atoms with Gasteiger partial charge in [-0.15, -0.1) is 0 Å². The minimum Gasteiger partial charge on any atom is -0.477 e. The van der Waals surface area contributed by atoms with Crippen LogP contribution in [0.4, 0.5) is 4.39 Å². The summed E-state index contributed by atoms with van der Waals surface area (Å²) in [5.74, 6) is -2.15. The number of H-pyrrole nitrogens is 1. The molecule has 38 heavy (non-hydrogen) atoms. The maximum atomic E-state index is 14.9. The summed E-state index contributed by atoms with van der Waals surface area (Å²) in [7, 11) is -2.96. The van der Waals surface area contributed by atoms with E-state index in [4.69, 9.17) is 14.9 Å². The molecule has 3 heterocycles. The molecule has 0 saturated carbocycles. The van der Waals surface area contributed by atoms with Crippen LogP contribution in [0.25, 0.3) is 22.0 Å². The number of oxazole rings is 1. The van der Waals surface area contributed by atoms with Crippen molar-refractivity contribution in [3.05, 3.63) is 81.5 Å². The van der Waals surface area contributed by atoms with Gasteiger partial charge in [-0.05, 0) is 24.1 Å². The molecule has 0 amide bonds. The number of hydrogen-bond donors (Lipinski definition) is 4. The smallest absolute Gasteiger partial charge is 0.419 e. The number of nitrogens with two attached hydrogens (primary N) is 1. The first-order valence-electron chi connectivity index (χ1n) is 12.0. The van der Waals surface area contributed by atoms with Gasteiger partial charge < -0.3 is 20.2 Å². The lowest BCUT2D eigenvalue weighted by molar-refractivity contribution is 0.0692. The molecule has 0 aliphatic carbocycles. The van der Waals surface area contributed by atoms with Crippen LogP contribution < -0.4 is 11.5 Å². The Morgan fingerprint density at radius 1 is 1.34 bits per heavy atom. The lowest BCUT2D eigenvalue weighted by atomic mass is 9.98. The number of benzene rings is 2. The fourth-order valence-electron chi connectivity index (χ4n) is 5.02. The Hall–Kier alpha value is -3.74. The number of hydrogen-bond acceptors (Lipinski definition) is 7. The number of aromatic amines is 1. The number of carboxylic acid groups (broad SMARTS) is 1. The van der Waals surface area contributed by atoms with E-state index in [1.165, 1.54) is 23.0 Å². The first-order chi connectivity index (χ1) is 17.9. The van der Waals surface area contributed by atoms with Gasteiger partial charge in [0.05, 0.1) is 30.1 Å². The number of nitrogens with zero attached hydrogens (tertiary/aromatic N) is 2. The predicted octanol–water partition coefficient (Wildman–Crippen LogP) is 3.36. The van der Waals surface area contributed by atoms with Crippen LogP contribution in [0, 0.1) is 10.6 Å². The van der Waals surface area contributed by atoms with Crippen LogP contribution >= 0.6 is 0 Å². The molecule has 0 radical (unpaired) electrons. The lowest BCUT2D eigenvalue weighted by Gasteiger charge is -2.35. The quantitative estimate of drug-likeness (QED) is 0.266. The summed E-state index contributed by atoms with van der Waals surface area (Å²) in [5.41, 5.74) is 7.61. The summed E-state index contributed by atoms with van der Waals surface area (Å²) in [6.07, 6.45) is 2.89. The summed E-state index contributed by atoms with van der Waals surface area (Å²) in [4.78, 5) is 29.9. The molecule has 10 nitrogen and oxygen atoms in total. The number of para-hydroxylation sites is 1. The Labute approximate surface area is 217 Å². The topological polar surface area (TPSA) is 158 Å².